The minimum atomic E-state index is -0.407. The normalized spacial score (nSPS) is 11.1. The van der Waals surface area contributed by atoms with Crippen LogP contribution < -0.4 is 5.32 Å². The van der Waals surface area contributed by atoms with E-state index in [1.165, 1.54) is 7.11 Å². The Kier molecular flexibility index (Phi) is 4.45. The summed E-state index contributed by atoms with van der Waals surface area (Å²) in [4.78, 5) is 15.6. The summed E-state index contributed by atoms with van der Waals surface area (Å²) in [6, 6.07) is 3.36. The van der Waals surface area contributed by atoms with Gasteiger partial charge in [0.1, 0.15) is 11.4 Å². The summed E-state index contributed by atoms with van der Waals surface area (Å²) in [6.07, 6.45) is 1.62. The molecule has 0 fully saturated rings. The summed E-state index contributed by atoms with van der Waals surface area (Å²) in [5.41, 5.74) is 0.0900. The van der Waals surface area contributed by atoms with Gasteiger partial charge in [-0.3, -0.25) is 0 Å². The number of rotatable bonds is 5. The molecule has 0 saturated heterocycles. The Hall–Kier alpha value is -1.62. The molecule has 0 aliphatic carbocycles. The zero-order chi connectivity index (χ0) is 12.9. The van der Waals surface area contributed by atoms with Gasteiger partial charge in [0.15, 0.2) is 0 Å². The number of methoxy groups -OCH3 is 2. The zero-order valence-corrected chi connectivity index (χ0v) is 10.6. The number of carbonyl (C=O) groups is 1. The lowest BCUT2D eigenvalue weighted by molar-refractivity contribution is 0.0342. The first-order valence-electron chi connectivity index (χ1n) is 5.32. The maximum Gasteiger partial charge on any atom is 0.341 e. The predicted molar refractivity (Wildman–Crippen MR) is 65.2 cm³/mol. The summed E-state index contributed by atoms with van der Waals surface area (Å²) >= 11 is 0. The van der Waals surface area contributed by atoms with Crippen molar-refractivity contribution in [3.8, 4) is 0 Å². The Balaban J connectivity index is 2.81. The second-order valence-electron chi connectivity index (χ2n) is 4.21. The molecule has 1 aromatic rings. The number of hydrogen-bond acceptors (Lipinski definition) is 5. The number of pyridine rings is 1. The Morgan fingerprint density at radius 2 is 2.18 bits per heavy atom. The third-order valence-electron chi connectivity index (χ3n) is 2.45. The molecule has 0 saturated carbocycles. The van der Waals surface area contributed by atoms with Crippen molar-refractivity contribution in [1.82, 2.24) is 4.98 Å². The molecule has 0 radical (unpaired) electrons. The molecule has 5 heteroatoms. The van der Waals surface area contributed by atoms with Crippen molar-refractivity contribution in [2.45, 2.75) is 19.4 Å². The molecule has 1 aromatic heterocycles. The van der Waals surface area contributed by atoms with E-state index < -0.39 is 5.97 Å². The molecule has 5 nitrogen and oxygen atoms in total. The molecular formula is C12H18N2O3. The minimum Gasteiger partial charge on any atom is -0.465 e. The lowest BCUT2D eigenvalue weighted by Crippen LogP contribution is -2.32. The minimum absolute atomic E-state index is 0.328. The molecular weight excluding hydrogens is 220 g/mol. The van der Waals surface area contributed by atoms with E-state index in [1.807, 2.05) is 13.8 Å². The first-order chi connectivity index (χ1) is 8.00. The van der Waals surface area contributed by atoms with Gasteiger partial charge in [0.05, 0.1) is 12.7 Å². The highest BCUT2D eigenvalue weighted by Gasteiger charge is 2.18. The Morgan fingerprint density at radius 1 is 1.47 bits per heavy atom. The summed E-state index contributed by atoms with van der Waals surface area (Å²) in [5, 5.41) is 3.08. The number of aromatic nitrogens is 1. The highest BCUT2D eigenvalue weighted by atomic mass is 16.5. The molecule has 0 atom stereocenters. The van der Waals surface area contributed by atoms with E-state index >= 15 is 0 Å². The van der Waals surface area contributed by atoms with Crippen molar-refractivity contribution in [2.75, 3.05) is 26.1 Å². The van der Waals surface area contributed by atoms with Crippen LogP contribution in [-0.4, -0.2) is 37.3 Å². The smallest absolute Gasteiger partial charge is 0.341 e. The van der Waals surface area contributed by atoms with Crippen LogP contribution in [-0.2, 0) is 9.47 Å². The fourth-order valence-electron chi connectivity index (χ4n) is 1.19. The van der Waals surface area contributed by atoms with Gasteiger partial charge in [0, 0.05) is 19.9 Å². The van der Waals surface area contributed by atoms with Crippen molar-refractivity contribution in [3.05, 3.63) is 23.9 Å². The number of nitrogens with one attached hydrogen (secondary N) is 1. The van der Waals surface area contributed by atoms with Crippen LogP contribution in [0.25, 0.3) is 0 Å². The van der Waals surface area contributed by atoms with Gasteiger partial charge < -0.3 is 14.8 Å². The highest BCUT2D eigenvalue weighted by molar-refractivity contribution is 5.94. The molecule has 0 aliphatic rings. The van der Waals surface area contributed by atoms with Gasteiger partial charge >= 0.3 is 5.97 Å². The second kappa shape index (κ2) is 5.63. The first kappa shape index (κ1) is 13.4. The van der Waals surface area contributed by atoms with Crippen LogP contribution in [0.2, 0.25) is 0 Å². The first-order valence-corrected chi connectivity index (χ1v) is 5.32. The Bertz CT molecular complexity index is 391. The Morgan fingerprint density at radius 3 is 2.76 bits per heavy atom. The van der Waals surface area contributed by atoms with Gasteiger partial charge in [-0.2, -0.15) is 0 Å². The maximum atomic E-state index is 11.5. The lowest BCUT2D eigenvalue weighted by atomic mass is 10.1. The van der Waals surface area contributed by atoms with E-state index in [9.17, 15) is 4.79 Å². The van der Waals surface area contributed by atoms with Crippen molar-refractivity contribution >= 4 is 11.8 Å². The molecule has 1 rings (SSSR count). The van der Waals surface area contributed by atoms with Gasteiger partial charge in [-0.25, -0.2) is 9.78 Å². The number of nitrogens with zero attached hydrogens (tertiary/aromatic N) is 1. The molecule has 0 amide bonds. The van der Waals surface area contributed by atoms with E-state index in [-0.39, 0.29) is 5.60 Å². The molecule has 0 aliphatic heterocycles. The van der Waals surface area contributed by atoms with Gasteiger partial charge in [-0.1, -0.05) is 0 Å². The van der Waals surface area contributed by atoms with Crippen LogP contribution in [0.1, 0.15) is 24.2 Å². The van der Waals surface area contributed by atoms with Crippen LogP contribution >= 0.6 is 0 Å². The fraction of sp³-hybridized carbons (Fsp3) is 0.500. The summed E-state index contributed by atoms with van der Waals surface area (Å²) < 4.78 is 9.96. The van der Waals surface area contributed by atoms with Crippen LogP contribution in [0.4, 0.5) is 5.82 Å². The monoisotopic (exact) mass is 238 g/mol. The topological polar surface area (TPSA) is 60.5 Å². The van der Waals surface area contributed by atoms with Crippen LogP contribution in [0.15, 0.2) is 18.3 Å². The zero-order valence-electron chi connectivity index (χ0n) is 10.6. The Labute approximate surface area is 101 Å². The molecule has 1 N–H and O–H groups in total. The summed E-state index contributed by atoms with van der Waals surface area (Å²) in [6.45, 7) is 4.44. The van der Waals surface area contributed by atoms with Gasteiger partial charge in [0.2, 0.25) is 0 Å². The number of carbonyl (C=O) groups excluding carboxylic acids is 1. The van der Waals surface area contributed by atoms with E-state index in [1.54, 1.807) is 25.4 Å². The highest BCUT2D eigenvalue weighted by Crippen LogP contribution is 2.15. The summed E-state index contributed by atoms with van der Waals surface area (Å²) in [7, 11) is 2.99. The van der Waals surface area contributed by atoms with E-state index in [0.717, 1.165) is 0 Å². The third kappa shape index (κ3) is 3.71. The average Bonchev–Trinajstić information content (AvgIpc) is 2.36. The molecule has 0 unspecified atom stereocenters. The number of esters is 1. The molecule has 0 spiro atoms. The van der Waals surface area contributed by atoms with Crippen LogP contribution in [0.3, 0.4) is 0 Å². The molecule has 1 heterocycles. The number of ether oxygens (including phenoxy) is 2. The van der Waals surface area contributed by atoms with Crippen molar-refractivity contribution in [3.63, 3.8) is 0 Å². The average molecular weight is 238 g/mol. The lowest BCUT2D eigenvalue weighted by Gasteiger charge is -2.23. The van der Waals surface area contributed by atoms with Gasteiger partial charge in [0.25, 0.3) is 0 Å². The largest absolute Gasteiger partial charge is 0.465 e. The quantitative estimate of drug-likeness (QED) is 0.791. The van der Waals surface area contributed by atoms with E-state index in [4.69, 9.17) is 4.74 Å². The van der Waals surface area contributed by atoms with Crippen LogP contribution in [0, 0.1) is 0 Å². The maximum absolute atomic E-state index is 11.5. The number of hydrogen-bond donors (Lipinski definition) is 1. The van der Waals surface area contributed by atoms with Crippen molar-refractivity contribution in [1.29, 1.82) is 0 Å². The standard InChI is InChI=1S/C12H18N2O3/c1-12(2,17-4)8-14-10-9(11(15)16-3)6-5-7-13-10/h5-7H,8H2,1-4H3,(H,13,14). The molecule has 94 valence electrons. The molecule has 0 aromatic carbocycles. The summed E-state index contributed by atoms with van der Waals surface area (Å²) in [5.74, 6) is 0.0975. The van der Waals surface area contributed by atoms with E-state index in [2.05, 4.69) is 15.0 Å². The predicted octanol–water partition coefficient (Wildman–Crippen LogP) is 1.71. The van der Waals surface area contributed by atoms with Crippen LogP contribution in [0.5, 0.6) is 0 Å². The van der Waals surface area contributed by atoms with Gasteiger partial charge in [-0.05, 0) is 26.0 Å². The SMILES string of the molecule is COC(=O)c1cccnc1NCC(C)(C)OC. The molecule has 0 bridgehead atoms. The third-order valence-corrected chi connectivity index (χ3v) is 2.45. The molecule has 17 heavy (non-hydrogen) atoms. The van der Waals surface area contributed by atoms with Gasteiger partial charge in [-0.15, -0.1) is 0 Å². The van der Waals surface area contributed by atoms with E-state index in [0.29, 0.717) is 17.9 Å². The second-order valence-corrected chi connectivity index (χ2v) is 4.21. The van der Waals surface area contributed by atoms with Crippen molar-refractivity contribution < 1.29 is 14.3 Å². The van der Waals surface area contributed by atoms with Crippen molar-refractivity contribution in [2.24, 2.45) is 0 Å². The fourth-order valence-corrected chi connectivity index (χ4v) is 1.19. The number of anilines is 1.